The van der Waals surface area contributed by atoms with Crippen molar-refractivity contribution in [1.29, 1.82) is 0 Å². The van der Waals surface area contributed by atoms with E-state index in [1.54, 1.807) is 56.6 Å². The Morgan fingerprint density at radius 3 is 2.50 bits per heavy atom. The van der Waals surface area contributed by atoms with Gasteiger partial charge in [-0.1, -0.05) is 30.3 Å². The molecule has 1 fully saturated rings. The number of aromatic amines is 1. The van der Waals surface area contributed by atoms with Crippen LogP contribution < -0.4 is 9.64 Å². The van der Waals surface area contributed by atoms with Gasteiger partial charge in [0.1, 0.15) is 17.3 Å². The number of ether oxygens (including phenoxy) is 1. The van der Waals surface area contributed by atoms with Gasteiger partial charge in [0.15, 0.2) is 0 Å². The molecule has 0 bridgehead atoms. The van der Waals surface area contributed by atoms with E-state index in [2.05, 4.69) is 4.98 Å². The number of aryl methyl sites for hydroxylation is 1. The van der Waals surface area contributed by atoms with Crippen LogP contribution in [0.2, 0.25) is 0 Å². The number of nitrogens with one attached hydrogen (secondary N) is 1. The van der Waals surface area contributed by atoms with Gasteiger partial charge in [0.2, 0.25) is 0 Å². The maximum Gasteiger partial charge on any atom is 0.300 e. The lowest BCUT2D eigenvalue weighted by Gasteiger charge is -2.25. The first-order chi connectivity index (χ1) is 16.4. The van der Waals surface area contributed by atoms with E-state index in [-0.39, 0.29) is 22.8 Å². The number of carbonyl (C=O) groups is 2. The summed E-state index contributed by atoms with van der Waals surface area (Å²) in [6.07, 6.45) is 1.72. The second kappa shape index (κ2) is 8.12. The summed E-state index contributed by atoms with van der Waals surface area (Å²) in [6, 6.07) is 18.0. The number of carbonyl (C=O) groups excluding carboxylic acids is 2. The Morgan fingerprint density at radius 2 is 1.76 bits per heavy atom. The molecule has 1 unspecified atom stereocenters. The number of aliphatic hydroxyl groups is 1. The molecule has 1 aromatic heterocycles. The number of fused-ring (bicyclic) bond motifs is 1. The molecule has 5 rings (SSSR count). The lowest BCUT2D eigenvalue weighted by Crippen LogP contribution is -2.29. The van der Waals surface area contributed by atoms with Crippen molar-refractivity contribution < 1.29 is 24.5 Å². The Bertz CT molecular complexity index is 1480. The molecule has 1 saturated heterocycles. The number of amides is 1. The van der Waals surface area contributed by atoms with Crippen LogP contribution in [0.25, 0.3) is 16.7 Å². The Kier molecular flexibility index (Phi) is 5.09. The fourth-order valence-electron chi connectivity index (χ4n) is 4.54. The van der Waals surface area contributed by atoms with Crippen LogP contribution in [0.4, 0.5) is 5.69 Å². The van der Waals surface area contributed by atoms with Gasteiger partial charge in [0, 0.05) is 28.2 Å². The number of phenols is 1. The van der Waals surface area contributed by atoms with E-state index < -0.39 is 17.7 Å². The van der Waals surface area contributed by atoms with E-state index in [4.69, 9.17) is 4.74 Å². The Morgan fingerprint density at radius 1 is 1.03 bits per heavy atom. The summed E-state index contributed by atoms with van der Waals surface area (Å²) < 4.78 is 5.25. The van der Waals surface area contributed by atoms with Crippen molar-refractivity contribution >= 4 is 34.0 Å². The van der Waals surface area contributed by atoms with Crippen molar-refractivity contribution in [2.45, 2.75) is 13.0 Å². The molecular weight excluding hydrogens is 432 g/mol. The second-order valence-corrected chi connectivity index (χ2v) is 8.13. The minimum atomic E-state index is -0.953. The number of aliphatic hydroxyl groups excluding tert-OH is 1. The number of hydrogen-bond acceptors (Lipinski definition) is 5. The van der Waals surface area contributed by atoms with Crippen molar-refractivity contribution in [1.82, 2.24) is 4.98 Å². The van der Waals surface area contributed by atoms with Gasteiger partial charge in [-0.2, -0.15) is 0 Å². The summed E-state index contributed by atoms with van der Waals surface area (Å²) in [6.45, 7) is 1.79. The maximum absolute atomic E-state index is 13.4. The fraction of sp³-hybridized carbons (Fsp3) is 0.111. The van der Waals surface area contributed by atoms with Gasteiger partial charge in [0.25, 0.3) is 11.7 Å². The minimum Gasteiger partial charge on any atom is -0.507 e. The number of ketones is 1. The van der Waals surface area contributed by atoms with E-state index in [0.717, 1.165) is 10.9 Å². The summed E-state index contributed by atoms with van der Waals surface area (Å²) >= 11 is 0. The van der Waals surface area contributed by atoms with Crippen LogP contribution in [-0.2, 0) is 9.59 Å². The molecule has 1 amide bonds. The van der Waals surface area contributed by atoms with Gasteiger partial charge in [-0.15, -0.1) is 0 Å². The van der Waals surface area contributed by atoms with Gasteiger partial charge in [0.05, 0.1) is 24.4 Å². The molecule has 0 spiro atoms. The van der Waals surface area contributed by atoms with E-state index in [1.165, 1.54) is 11.0 Å². The molecule has 3 N–H and O–H groups in total. The Hall–Kier alpha value is -4.52. The molecule has 7 heteroatoms. The van der Waals surface area contributed by atoms with Gasteiger partial charge in [-0.25, -0.2) is 0 Å². The Balaban J connectivity index is 1.80. The number of anilines is 1. The number of benzene rings is 3. The molecule has 3 aromatic carbocycles. The molecule has 1 aliphatic rings. The van der Waals surface area contributed by atoms with Crippen molar-refractivity contribution in [3.63, 3.8) is 0 Å². The lowest BCUT2D eigenvalue weighted by atomic mass is 9.93. The van der Waals surface area contributed by atoms with E-state index in [0.29, 0.717) is 22.4 Å². The zero-order valence-corrected chi connectivity index (χ0v) is 18.6. The third kappa shape index (κ3) is 3.21. The average Bonchev–Trinajstić information content (AvgIpc) is 3.37. The second-order valence-electron chi connectivity index (χ2n) is 8.13. The zero-order chi connectivity index (χ0) is 24.0. The van der Waals surface area contributed by atoms with E-state index >= 15 is 0 Å². The van der Waals surface area contributed by atoms with E-state index in [1.807, 2.05) is 24.3 Å². The van der Waals surface area contributed by atoms with Crippen LogP contribution in [-0.4, -0.2) is 34.0 Å². The predicted molar refractivity (Wildman–Crippen MR) is 129 cm³/mol. The third-order valence-electron chi connectivity index (χ3n) is 6.19. The quantitative estimate of drug-likeness (QED) is 0.233. The summed E-state index contributed by atoms with van der Waals surface area (Å²) in [5.74, 6) is -1.48. The number of nitrogens with zero attached hydrogens (tertiary/aromatic N) is 1. The summed E-state index contributed by atoms with van der Waals surface area (Å²) in [5, 5.41) is 22.7. The molecule has 4 aromatic rings. The maximum atomic E-state index is 13.4. The monoisotopic (exact) mass is 454 g/mol. The molecule has 2 heterocycles. The highest BCUT2D eigenvalue weighted by Gasteiger charge is 2.48. The lowest BCUT2D eigenvalue weighted by molar-refractivity contribution is -0.132. The minimum absolute atomic E-state index is 0.0497. The zero-order valence-electron chi connectivity index (χ0n) is 18.6. The molecule has 0 saturated carbocycles. The predicted octanol–water partition coefficient (Wildman–Crippen LogP) is 4.82. The van der Waals surface area contributed by atoms with Crippen LogP contribution in [0, 0.1) is 6.92 Å². The highest BCUT2D eigenvalue weighted by Crippen LogP contribution is 2.46. The van der Waals surface area contributed by atoms with Gasteiger partial charge in [-0.05, 0) is 48.9 Å². The topological polar surface area (TPSA) is 103 Å². The first kappa shape index (κ1) is 21.3. The fourth-order valence-corrected chi connectivity index (χ4v) is 4.54. The smallest absolute Gasteiger partial charge is 0.300 e. The normalized spacial score (nSPS) is 17.5. The van der Waals surface area contributed by atoms with Gasteiger partial charge >= 0.3 is 0 Å². The largest absolute Gasteiger partial charge is 0.507 e. The number of aromatic hydroxyl groups is 1. The molecule has 170 valence electrons. The number of aromatic nitrogens is 1. The highest BCUT2D eigenvalue weighted by atomic mass is 16.5. The van der Waals surface area contributed by atoms with Crippen LogP contribution in [0.15, 0.2) is 78.5 Å². The third-order valence-corrected chi connectivity index (χ3v) is 6.19. The number of Topliss-reactive ketones (excluding diaryl/α,β-unsaturated/α-hetero) is 1. The molecular formula is C27H22N2O5. The number of hydrogen-bond donors (Lipinski definition) is 3. The number of phenolic OH excluding ortho intramolecular Hbond substituents is 1. The van der Waals surface area contributed by atoms with Crippen LogP contribution >= 0.6 is 0 Å². The molecule has 1 aliphatic heterocycles. The first-order valence-electron chi connectivity index (χ1n) is 10.7. The van der Waals surface area contributed by atoms with E-state index in [9.17, 15) is 19.8 Å². The highest BCUT2D eigenvalue weighted by molar-refractivity contribution is 6.52. The van der Waals surface area contributed by atoms with Crippen LogP contribution in [0.1, 0.15) is 22.7 Å². The number of rotatable bonds is 4. The summed E-state index contributed by atoms with van der Waals surface area (Å²) in [4.78, 5) is 31.1. The first-order valence-corrected chi connectivity index (χ1v) is 10.7. The standard InChI is InChI=1S/C27H22N2O5/c1-15-13-16(34-2)11-12-17(15)25(31)23-24(19-14-28-20-8-4-3-7-18(19)20)29(27(33)26(23)32)21-9-5-6-10-22(21)30/h3-14,24,28,30-31H,1-2H3/b25-23+. The SMILES string of the molecule is COc1ccc(/C(O)=C2\C(=O)C(=O)N(c3ccccc3O)C2c2c[nH]c3ccccc23)c(C)c1. The van der Waals surface area contributed by atoms with Crippen molar-refractivity contribution in [3.8, 4) is 11.5 Å². The molecule has 0 radical (unpaired) electrons. The molecule has 0 aliphatic carbocycles. The van der Waals surface area contributed by atoms with Crippen molar-refractivity contribution in [3.05, 3.63) is 95.2 Å². The van der Waals surface area contributed by atoms with Gasteiger partial charge < -0.3 is 19.9 Å². The van der Waals surface area contributed by atoms with Crippen molar-refractivity contribution in [2.75, 3.05) is 12.0 Å². The number of methoxy groups -OCH3 is 1. The number of para-hydroxylation sites is 3. The van der Waals surface area contributed by atoms with Crippen LogP contribution in [0.5, 0.6) is 11.5 Å². The molecule has 34 heavy (non-hydrogen) atoms. The van der Waals surface area contributed by atoms with Crippen molar-refractivity contribution in [2.24, 2.45) is 0 Å². The number of H-pyrrole nitrogens is 1. The summed E-state index contributed by atoms with van der Waals surface area (Å²) in [7, 11) is 1.54. The average molecular weight is 454 g/mol. The molecule has 7 nitrogen and oxygen atoms in total. The Labute approximate surface area is 195 Å². The molecule has 1 atom stereocenters. The summed E-state index contributed by atoms with van der Waals surface area (Å²) in [5.41, 5.74) is 2.69. The van der Waals surface area contributed by atoms with Crippen LogP contribution in [0.3, 0.4) is 0 Å². The van der Waals surface area contributed by atoms with Gasteiger partial charge in [-0.3, -0.25) is 14.5 Å².